The van der Waals surface area contributed by atoms with Crippen LogP contribution in [0.1, 0.15) is 20.3 Å². The fraction of sp³-hybridized carbons (Fsp3) is 0.455. The first-order valence-corrected chi connectivity index (χ1v) is 5.68. The lowest BCUT2D eigenvalue weighted by molar-refractivity contribution is 0.685. The maximum atomic E-state index is 8.60. The van der Waals surface area contributed by atoms with Crippen LogP contribution in [0, 0.1) is 11.3 Å². The lowest BCUT2D eigenvalue weighted by Crippen LogP contribution is -2.31. The molecular formula is C11H14BrN3. The van der Waals surface area contributed by atoms with Crippen molar-refractivity contribution in [1.82, 2.24) is 4.98 Å². The highest BCUT2D eigenvalue weighted by Gasteiger charge is 2.10. The minimum Gasteiger partial charge on any atom is -0.367 e. The van der Waals surface area contributed by atoms with Crippen molar-refractivity contribution < 1.29 is 0 Å². The SMILES string of the molecule is CC(C)N(CCC#N)c1cncc(Br)c1. The zero-order valence-electron chi connectivity index (χ0n) is 8.94. The average molecular weight is 268 g/mol. The molecule has 0 spiro atoms. The minimum atomic E-state index is 0.370. The van der Waals surface area contributed by atoms with Crippen molar-refractivity contribution in [3.05, 3.63) is 22.9 Å². The normalized spacial score (nSPS) is 10.1. The van der Waals surface area contributed by atoms with Crippen LogP contribution in [-0.4, -0.2) is 17.6 Å². The van der Waals surface area contributed by atoms with Crippen LogP contribution in [0.25, 0.3) is 0 Å². The van der Waals surface area contributed by atoms with E-state index >= 15 is 0 Å². The Hall–Kier alpha value is -1.08. The van der Waals surface area contributed by atoms with Crippen LogP contribution in [0.4, 0.5) is 5.69 Å². The van der Waals surface area contributed by atoms with E-state index < -0.39 is 0 Å². The summed E-state index contributed by atoms with van der Waals surface area (Å²) in [5, 5.41) is 8.60. The number of halogens is 1. The van der Waals surface area contributed by atoms with E-state index in [9.17, 15) is 0 Å². The molecule has 0 bridgehead atoms. The van der Waals surface area contributed by atoms with Crippen molar-refractivity contribution >= 4 is 21.6 Å². The minimum absolute atomic E-state index is 0.370. The zero-order valence-corrected chi connectivity index (χ0v) is 10.5. The summed E-state index contributed by atoms with van der Waals surface area (Å²) in [6, 6.07) is 4.55. The van der Waals surface area contributed by atoms with Gasteiger partial charge in [-0.1, -0.05) is 0 Å². The third-order valence-corrected chi connectivity index (χ3v) is 2.54. The maximum Gasteiger partial charge on any atom is 0.0640 e. The van der Waals surface area contributed by atoms with Crippen molar-refractivity contribution in [2.75, 3.05) is 11.4 Å². The molecule has 0 aromatic carbocycles. The Bertz CT molecular complexity index is 357. The molecule has 3 nitrogen and oxygen atoms in total. The molecule has 1 aromatic heterocycles. The van der Waals surface area contributed by atoms with E-state index in [0.29, 0.717) is 12.5 Å². The van der Waals surface area contributed by atoms with Crippen LogP contribution in [0.3, 0.4) is 0 Å². The van der Waals surface area contributed by atoms with Gasteiger partial charge in [0.25, 0.3) is 0 Å². The van der Waals surface area contributed by atoms with E-state index in [1.165, 1.54) is 0 Å². The van der Waals surface area contributed by atoms with Crippen molar-refractivity contribution in [3.63, 3.8) is 0 Å². The molecule has 1 rings (SSSR count). The molecule has 1 heterocycles. The third kappa shape index (κ3) is 3.52. The molecule has 0 aliphatic heterocycles. The number of anilines is 1. The van der Waals surface area contributed by atoms with E-state index in [-0.39, 0.29) is 0 Å². The van der Waals surface area contributed by atoms with Gasteiger partial charge in [0.15, 0.2) is 0 Å². The number of rotatable bonds is 4. The topological polar surface area (TPSA) is 39.9 Å². The Morgan fingerprint density at radius 2 is 2.27 bits per heavy atom. The molecule has 0 aliphatic carbocycles. The van der Waals surface area contributed by atoms with Gasteiger partial charge in [-0.2, -0.15) is 5.26 Å². The van der Waals surface area contributed by atoms with Crippen LogP contribution in [-0.2, 0) is 0 Å². The van der Waals surface area contributed by atoms with E-state index in [1.54, 1.807) is 6.20 Å². The predicted molar refractivity (Wildman–Crippen MR) is 64.6 cm³/mol. The quantitative estimate of drug-likeness (QED) is 0.842. The number of aromatic nitrogens is 1. The Morgan fingerprint density at radius 3 is 2.80 bits per heavy atom. The fourth-order valence-electron chi connectivity index (χ4n) is 1.41. The molecule has 0 N–H and O–H groups in total. The summed E-state index contributed by atoms with van der Waals surface area (Å²) in [6.07, 6.45) is 4.11. The second-order valence-electron chi connectivity index (χ2n) is 3.56. The van der Waals surface area contributed by atoms with Gasteiger partial charge in [0.2, 0.25) is 0 Å². The van der Waals surface area contributed by atoms with Gasteiger partial charge in [-0.3, -0.25) is 4.98 Å². The number of hydrogen-bond donors (Lipinski definition) is 0. The predicted octanol–water partition coefficient (Wildman–Crippen LogP) is 2.97. The molecule has 0 atom stereocenters. The lowest BCUT2D eigenvalue weighted by atomic mass is 10.2. The smallest absolute Gasteiger partial charge is 0.0640 e. The molecule has 0 saturated heterocycles. The van der Waals surface area contributed by atoms with E-state index in [4.69, 9.17) is 5.26 Å². The van der Waals surface area contributed by atoms with Gasteiger partial charge >= 0.3 is 0 Å². The van der Waals surface area contributed by atoms with Crippen LogP contribution >= 0.6 is 15.9 Å². The fourth-order valence-corrected chi connectivity index (χ4v) is 1.77. The zero-order chi connectivity index (χ0) is 11.3. The Morgan fingerprint density at radius 1 is 1.53 bits per heavy atom. The van der Waals surface area contributed by atoms with Crippen LogP contribution in [0.15, 0.2) is 22.9 Å². The largest absolute Gasteiger partial charge is 0.367 e. The van der Waals surface area contributed by atoms with E-state index in [2.05, 4.69) is 45.7 Å². The molecule has 0 fully saturated rings. The van der Waals surface area contributed by atoms with Crippen molar-refractivity contribution in [3.8, 4) is 6.07 Å². The highest BCUT2D eigenvalue weighted by atomic mass is 79.9. The number of nitriles is 1. The second-order valence-corrected chi connectivity index (χ2v) is 4.47. The summed E-state index contributed by atoms with van der Waals surface area (Å²) < 4.78 is 0.961. The Kier molecular flexibility index (Phi) is 4.57. The number of hydrogen-bond acceptors (Lipinski definition) is 3. The highest BCUT2D eigenvalue weighted by Crippen LogP contribution is 2.20. The van der Waals surface area contributed by atoms with Crippen LogP contribution < -0.4 is 4.90 Å². The average Bonchev–Trinajstić information content (AvgIpc) is 2.18. The summed E-state index contributed by atoms with van der Waals surface area (Å²) in [5.74, 6) is 0. The van der Waals surface area contributed by atoms with Gasteiger partial charge in [-0.15, -0.1) is 0 Å². The first-order valence-electron chi connectivity index (χ1n) is 4.89. The van der Waals surface area contributed by atoms with Crippen LogP contribution in [0.5, 0.6) is 0 Å². The van der Waals surface area contributed by atoms with Crippen LogP contribution in [0.2, 0.25) is 0 Å². The lowest BCUT2D eigenvalue weighted by Gasteiger charge is -2.27. The summed E-state index contributed by atoms with van der Waals surface area (Å²) in [5.41, 5.74) is 1.05. The molecule has 1 aromatic rings. The number of pyridine rings is 1. The second kappa shape index (κ2) is 5.72. The van der Waals surface area contributed by atoms with Gasteiger partial charge in [0.05, 0.1) is 24.4 Å². The molecule has 4 heteroatoms. The van der Waals surface area contributed by atoms with Gasteiger partial charge in [-0.25, -0.2) is 0 Å². The maximum absolute atomic E-state index is 8.60. The summed E-state index contributed by atoms with van der Waals surface area (Å²) in [4.78, 5) is 6.29. The first-order chi connectivity index (χ1) is 7.15. The monoisotopic (exact) mass is 267 g/mol. The number of nitrogens with zero attached hydrogens (tertiary/aromatic N) is 3. The summed E-state index contributed by atoms with van der Waals surface area (Å²) >= 11 is 3.39. The van der Waals surface area contributed by atoms with Gasteiger partial charge in [0.1, 0.15) is 0 Å². The first kappa shape index (κ1) is 12.0. The molecule has 0 radical (unpaired) electrons. The summed E-state index contributed by atoms with van der Waals surface area (Å²) in [7, 11) is 0. The molecule has 0 amide bonds. The van der Waals surface area contributed by atoms with Gasteiger partial charge in [-0.05, 0) is 35.8 Å². The molecular weight excluding hydrogens is 254 g/mol. The molecule has 80 valence electrons. The summed E-state index contributed by atoms with van der Waals surface area (Å²) in [6.45, 7) is 4.96. The molecule has 0 aliphatic rings. The highest BCUT2D eigenvalue weighted by molar-refractivity contribution is 9.10. The molecule has 0 saturated carbocycles. The third-order valence-electron chi connectivity index (χ3n) is 2.11. The Labute approximate surface area is 98.9 Å². The van der Waals surface area contributed by atoms with Crippen molar-refractivity contribution in [1.29, 1.82) is 5.26 Å². The molecule has 0 unspecified atom stereocenters. The van der Waals surface area contributed by atoms with E-state index in [1.807, 2.05) is 12.3 Å². The van der Waals surface area contributed by atoms with Gasteiger partial charge in [0, 0.05) is 23.3 Å². The van der Waals surface area contributed by atoms with E-state index in [0.717, 1.165) is 16.7 Å². The molecule has 15 heavy (non-hydrogen) atoms. The van der Waals surface area contributed by atoms with Crippen molar-refractivity contribution in [2.45, 2.75) is 26.3 Å². The Balaban J connectivity index is 2.84. The standard InChI is InChI=1S/C11H14BrN3/c1-9(2)15(5-3-4-13)11-6-10(12)7-14-8-11/h6-9H,3,5H2,1-2H3. The van der Waals surface area contributed by atoms with Gasteiger partial charge < -0.3 is 4.90 Å². The van der Waals surface area contributed by atoms with Crippen molar-refractivity contribution in [2.24, 2.45) is 0 Å².